The molecule has 0 aliphatic rings. The van der Waals surface area contributed by atoms with E-state index in [2.05, 4.69) is 0 Å². The fraction of sp³-hybridized carbons (Fsp3) is 0.111. The van der Waals surface area contributed by atoms with Gasteiger partial charge in [0.2, 0.25) is 5.24 Å². The Hall–Kier alpha value is -1.13. The SMILES string of the molecule is O=C(Cl)Cn1c(=O)sc2ccccc21. The molecule has 5 heteroatoms. The number of para-hydroxylation sites is 1. The second-order valence-corrected chi connectivity index (χ2v) is 4.19. The van der Waals surface area contributed by atoms with Crippen molar-refractivity contribution in [3.05, 3.63) is 33.9 Å². The van der Waals surface area contributed by atoms with Gasteiger partial charge in [0, 0.05) is 0 Å². The van der Waals surface area contributed by atoms with Crippen molar-refractivity contribution in [2.45, 2.75) is 6.54 Å². The zero-order valence-corrected chi connectivity index (χ0v) is 8.64. The molecule has 0 saturated carbocycles. The van der Waals surface area contributed by atoms with E-state index in [4.69, 9.17) is 11.6 Å². The van der Waals surface area contributed by atoms with Crippen molar-refractivity contribution < 1.29 is 4.79 Å². The lowest BCUT2D eigenvalue weighted by molar-refractivity contribution is -0.112. The third kappa shape index (κ3) is 1.58. The highest BCUT2D eigenvalue weighted by atomic mass is 35.5. The number of thiazole rings is 1. The van der Waals surface area contributed by atoms with Crippen LogP contribution in [0.15, 0.2) is 29.1 Å². The summed E-state index contributed by atoms with van der Waals surface area (Å²) in [5.41, 5.74) is 0.761. The van der Waals surface area contributed by atoms with Gasteiger partial charge < -0.3 is 0 Å². The first kappa shape index (κ1) is 9.43. The van der Waals surface area contributed by atoms with Crippen molar-refractivity contribution in [3.63, 3.8) is 0 Å². The molecule has 0 N–H and O–H groups in total. The van der Waals surface area contributed by atoms with Crippen LogP contribution in [-0.4, -0.2) is 9.81 Å². The molecule has 0 bridgehead atoms. The fourth-order valence-electron chi connectivity index (χ4n) is 1.29. The maximum absolute atomic E-state index is 11.4. The molecular weight excluding hydrogens is 222 g/mol. The summed E-state index contributed by atoms with van der Waals surface area (Å²) in [5, 5.41) is -0.532. The van der Waals surface area contributed by atoms with E-state index in [0.717, 1.165) is 21.6 Å². The van der Waals surface area contributed by atoms with Crippen LogP contribution in [0, 0.1) is 0 Å². The molecule has 0 spiro atoms. The van der Waals surface area contributed by atoms with Crippen molar-refractivity contribution >= 4 is 38.4 Å². The monoisotopic (exact) mass is 227 g/mol. The zero-order valence-electron chi connectivity index (χ0n) is 7.07. The minimum atomic E-state index is -0.532. The van der Waals surface area contributed by atoms with Gasteiger partial charge in [-0.25, -0.2) is 0 Å². The van der Waals surface area contributed by atoms with E-state index in [9.17, 15) is 9.59 Å². The standard InChI is InChI=1S/C9H6ClNO2S/c10-8(12)5-11-6-3-1-2-4-7(6)14-9(11)13/h1-4H,5H2. The first-order valence-corrected chi connectivity index (χ1v) is 5.14. The molecule has 0 fully saturated rings. The van der Waals surface area contributed by atoms with Crippen LogP contribution in [0.5, 0.6) is 0 Å². The van der Waals surface area contributed by atoms with Crippen LogP contribution in [0.25, 0.3) is 10.2 Å². The predicted molar refractivity (Wildman–Crippen MR) is 56.9 cm³/mol. The number of aromatic nitrogens is 1. The highest BCUT2D eigenvalue weighted by Crippen LogP contribution is 2.16. The van der Waals surface area contributed by atoms with E-state index >= 15 is 0 Å². The minimum Gasteiger partial charge on any atom is -0.290 e. The number of halogens is 1. The Labute approximate surface area is 88.5 Å². The Morgan fingerprint density at radius 2 is 2.14 bits per heavy atom. The molecule has 0 atom stereocenters. The summed E-state index contributed by atoms with van der Waals surface area (Å²) < 4.78 is 2.26. The lowest BCUT2D eigenvalue weighted by Gasteiger charge is -1.97. The molecule has 2 aromatic rings. The number of carbonyl (C=O) groups excluding carboxylic acids is 1. The number of fused-ring (bicyclic) bond motifs is 1. The second kappa shape index (κ2) is 3.55. The van der Waals surface area contributed by atoms with Crippen LogP contribution in [0.4, 0.5) is 0 Å². The first-order chi connectivity index (χ1) is 6.68. The van der Waals surface area contributed by atoms with Gasteiger partial charge in [0.1, 0.15) is 6.54 Å². The van der Waals surface area contributed by atoms with E-state index in [-0.39, 0.29) is 11.4 Å². The number of hydrogen-bond donors (Lipinski definition) is 0. The molecule has 0 aliphatic carbocycles. The first-order valence-electron chi connectivity index (χ1n) is 3.95. The summed E-state index contributed by atoms with van der Waals surface area (Å²) in [4.78, 5) is 22.0. The zero-order chi connectivity index (χ0) is 10.1. The smallest absolute Gasteiger partial charge is 0.290 e. The number of carbonyl (C=O) groups is 1. The fourth-order valence-corrected chi connectivity index (χ4v) is 2.30. The van der Waals surface area contributed by atoms with Crippen molar-refractivity contribution in [1.29, 1.82) is 0 Å². The summed E-state index contributed by atoms with van der Waals surface area (Å²) in [6, 6.07) is 7.32. The minimum absolute atomic E-state index is 0.0651. The van der Waals surface area contributed by atoms with Crippen LogP contribution >= 0.6 is 22.9 Å². The molecule has 0 amide bonds. The quantitative estimate of drug-likeness (QED) is 0.735. The largest absolute Gasteiger partial charge is 0.308 e. The van der Waals surface area contributed by atoms with Gasteiger partial charge in [0.05, 0.1) is 10.2 Å². The van der Waals surface area contributed by atoms with Crippen LogP contribution in [0.2, 0.25) is 0 Å². The van der Waals surface area contributed by atoms with Gasteiger partial charge in [-0.05, 0) is 23.7 Å². The van der Waals surface area contributed by atoms with Gasteiger partial charge in [-0.1, -0.05) is 23.5 Å². The van der Waals surface area contributed by atoms with Crippen molar-refractivity contribution in [3.8, 4) is 0 Å². The highest BCUT2D eigenvalue weighted by molar-refractivity contribution is 7.16. The molecule has 1 aromatic carbocycles. The summed E-state index contributed by atoms with van der Waals surface area (Å²) in [6.07, 6.45) is 0. The number of hydrogen-bond acceptors (Lipinski definition) is 3. The Kier molecular flexibility index (Phi) is 2.39. The normalized spacial score (nSPS) is 10.6. The van der Waals surface area contributed by atoms with Gasteiger partial charge in [-0.2, -0.15) is 0 Å². The molecule has 2 rings (SSSR count). The predicted octanol–water partition coefficient (Wildman–Crippen LogP) is 1.83. The number of benzene rings is 1. The molecule has 0 unspecified atom stereocenters. The number of rotatable bonds is 2. The third-order valence-corrected chi connectivity index (χ3v) is 2.94. The van der Waals surface area contributed by atoms with Crippen LogP contribution in [0.1, 0.15) is 0 Å². The van der Waals surface area contributed by atoms with Gasteiger partial charge in [0.25, 0.3) is 0 Å². The van der Waals surface area contributed by atoms with E-state index < -0.39 is 5.24 Å². The van der Waals surface area contributed by atoms with Crippen molar-refractivity contribution in [2.75, 3.05) is 0 Å². The second-order valence-electron chi connectivity index (χ2n) is 2.78. The molecule has 72 valence electrons. The molecule has 0 radical (unpaired) electrons. The van der Waals surface area contributed by atoms with Gasteiger partial charge in [-0.3, -0.25) is 14.2 Å². The molecular formula is C9H6ClNO2S. The maximum Gasteiger partial charge on any atom is 0.308 e. The van der Waals surface area contributed by atoms with E-state index in [0.29, 0.717) is 0 Å². The topological polar surface area (TPSA) is 39.1 Å². The van der Waals surface area contributed by atoms with Crippen LogP contribution in [0.3, 0.4) is 0 Å². The Balaban J connectivity index is 2.68. The van der Waals surface area contributed by atoms with E-state index in [1.54, 1.807) is 6.07 Å². The molecule has 3 nitrogen and oxygen atoms in total. The lowest BCUT2D eigenvalue weighted by atomic mass is 10.3. The molecule has 0 aliphatic heterocycles. The van der Waals surface area contributed by atoms with Gasteiger partial charge in [0.15, 0.2) is 0 Å². The summed E-state index contributed by atoms with van der Waals surface area (Å²) in [7, 11) is 0. The Morgan fingerprint density at radius 1 is 1.43 bits per heavy atom. The highest BCUT2D eigenvalue weighted by Gasteiger charge is 2.08. The third-order valence-electron chi connectivity index (χ3n) is 1.86. The maximum atomic E-state index is 11.4. The summed E-state index contributed by atoms with van der Waals surface area (Å²) >= 11 is 6.36. The molecule has 1 heterocycles. The van der Waals surface area contributed by atoms with Crippen molar-refractivity contribution in [1.82, 2.24) is 4.57 Å². The Bertz CT molecular complexity index is 543. The van der Waals surface area contributed by atoms with E-state index in [1.807, 2.05) is 18.2 Å². The van der Waals surface area contributed by atoms with Crippen LogP contribution < -0.4 is 4.87 Å². The average Bonchev–Trinajstić information content (AvgIpc) is 2.43. The van der Waals surface area contributed by atoms with E-state index in [1.165, 1.54) is 4.57 Å². The van der Waals surface area contributed by atoms with Crippen molar-refractivity contribution in [2.24, 2.45) is 0 Å². The molecule has 14 heavy (non-hydrogen) atoms. The summed E-state index contributed by atoms with van der Waals surface area (Å²) in [5.74, 6) is 0. The Morgan fingerprint density at radius 3 is 2.86 bits per heavy atom. The molecule has 0 saturated heterocycles. The molecule has 1 aromatic heterocycles. The number of nitrogens with zero attached hydrogens (tertiary/aromatic N) is 1. The average molecular weight is 228 g/mol. The van der Waals surface area contributed by atoms with Gasteiger partial charge in [-0.15, -0.1) is 0 Å². The van der Waals surface area contributed by atoms with Gasteiger partial charge >= 0.3 is 4.87 Å². The van der Waals surface area contributed by atoms with Crippen LogP contribution in [-0.2, 0) is 11.3 Å². The summed E-state index contributed by atoms with van der Waals surface area (Å²) in [6.45, 7) is -0.0651. The lowest BCUT2D eigenvalue weighted by Crippen LogP contribution is -2.16.